The van der Waals surface area contributed by atoms with Crippen LogP contribution in [0.3, 0.4) is 0 Å². The molecular weight excluding hydrogens is 342 g/mol. The van der Waals surface area contributed by atoms with Crippen LogP contribution in [0.5, 0.6) is 0 Å². The molecule has 1 aromatic carbocycles. The zero-order chi connectivity index (χ0) is 19.1. The van der Waals surface area contributed by atoms with Gasteiger partial charge in [0.05, 0.1) is 24.4 Å². The molecule has 0 atom stereocenters. The summed E-state index contributed by atoms with van der Waals surface area (Å²) in [6.45, 7) is 4.04. The number of allylic oxidation sites excluding steroid dienone is 2. The molecule has 1 amide bonds. The van der Waals surface area contributed by atoms with E-state index in [1.807, 2.05) is 6.21 Å². The number of nitrogens with one attached hydrogen (secondary N) is 1. The van der Waals surface area contributed by atoms with Gasteiger partial charge in [-0.05, 0) is 56.0 Å². The van der Waals surface area contributed by atoms with Gasteiger partial charge in [-0.3, -0.25) is 14.7 Å². The van der Waals surface area contributed by atoms with Crippen LogP contribution < -0.4 is 5.32 Å². The molecular formula is C21H25N3O3. The topological polar surface area (TPSA) is 71.0 Å². The van der Waals surface area contributed by atoms with Gasteiger partial charge >= 0.3 is 5.97 Å². The summed E-state index contributed by atoms with van der Waals surface area (Å²) in [5, 5.41) is 2.87. The lowest BCUT2D eigenvalue weighted by Crippen LogP contribution is -2.36. The Morgan fingerprint density at radius 3 is 2.63 bits per heavy atom. The van der Waals surface area contributed by atoms with Gasteiger partial charge in [-0.1, -0.05) is 12.2 Å². The molecule has 0 unspecified atom stereocenters. The monoisotopic (exact) mass is 367 g/mol. The largest absolute Gasteiger partial charge is 0.462 e. The van der Waals surface area contributed by atoms with E-state index >= 15 is 0 Å². The number of aliphatic imine (C=N–C) groups is 1. The summed E-state index contributed by atoms with van der Waals surface area (Å²) >= 11 is 0. The summed E-state index contributed by atoms with van der Waals surface area (Å²) in [5.41, 5.74) is 3.51. The summed E-state index contributed by atoms with van der Waals surface area (Å²) in [7, 11) is 0. The molecule has 0 radical (unpaired) electrons. The molecule has 3 rings (SSSR count). The SMILES string of the molecule is CCOC(=O)c1ccc(NC(=O)CN2CC=C(C3=CCCC=N3)CC2)cc1. The summed E-state index contributed by atoms with van der Waals surface area (Å²) in [6.07, 6.45) is 9.31. The van der Waals surface area contributed by atoms with Crippen LogP contribution in [0.4, 0.5) is 5.69 Å². The lowest BCUT2D eigenvalue weighted by Gasteiger charge is -2.26. The first-order valence-corrected chi connectivity index (χ1v) is 9.37. The lowest BCUT2D eigenvalue weighted by atomic mass is 10.0. The van der Waals surface area contributed by atoms with Crippen LogP contribution in [-0.2, 0) is 9.53 Å². The van der Waals surface area contributed by atoms with Crippen LogP contribution in [0.2, 0.25) is 0 Å². The Labute approximate surface area is 159 Å². The molecule has 2 aliphatic rings. The normalized spacial score (nSPS) is 17.1. The number of benzene rings is 1. The number of nitrogens with zero attached hydrogens (tertiary/aromatic N) is 2. The third kappa shape index (κ3) is 5.37. The molecule has 0 saturated carbocycles. The molecule has 0 bridgehead atoms. The molecule has 1 N–H and O–H groups in total. The Morgan fingerprint density at radius 2 is 2.00 bits per heavy atom. The van der Waals surface area contributed by atoms with Crippen LogP contribution >= 0.6 is 0 Å². The van der Waals surface area contributed by atoms with Crippen molar-refractivity contribution in [1.29, 1.82) is 0 Å². The smallest absolute Gasteiger partial charge is 0.338 e. The highest BCUT2D eigenvalue weighted by atomic mass is 16.5. The van der Waals surface area contributed by atoms with Crippen molar-refractivity contribution >= 4 is 23.8 Å². The molecule has 6 heteroatoms. The first kappa shape index (κ1) is 19.0. The highest BCUT2D eigenvalue weighted by Crippen LogP contribution is 2.22. The molecule has 0 saturated heterocycles. The maximum absolute atomic E-state index is 12.3. The van der Waals surface area contributed by atoms with Gasteiger partial charge in [0.25, 0.3) is 0 Å². The molecule has 142 valence electrons. The molecule has 2 aliphatic heterocycles. The molecule has 0 aliphatic carbocycles. The van der Waals surface area contributed by atoms with Crippen molar-refractivity contribution in [2.24, 2.45) is 4.99 Å². The van der Waals surface area contributed by atoms with E-state index in [2.05, 4.69) is 27.4 Å². The van der Waals surface area contributed by atoms with E-state index in [9.17, 15) is 9.59 Å². The average Bonchev–Trinajstić information content (AvgIpc) is 2.70. The zero-order valence-electron chi connectivity index (χ0n) is 15.6. The summed E-state index contributed by atoms with van der Waals surface area (Å²) in [5.74, 6) is -0.422. The minimum Gasteiger partial charge on any atom is -0.462 e. The Bertz CT molecular complexity index is 778. The predicted octanol–water partition coefficient (Wildman–Crippen LogP) is 3.18. The third-order valence-electron chi connectivity index (χ3n) is 4.53. The number of amides is 1. The van der Waals surface area contributed by atoms with Crippen LogP contribution in [-0.4, -0.2) is 49.2 Å². The van der Waals surface area contributed by atoms with Crippen molar-refractivity contribution in [2.45, 2.75) is 26.2 Å². The highest BCUT2D eigenvalue weighted by Gasteiger charge is 2.17. The Hall–Kier alpha value is -2.73. The molecule has 0 fully saturated rings. The number of carbonyl (C=O) groups is 2. The van der Waals surface area contributed by atoms with E-state index in [4.69, 9.17) is 4.74 Å². The number of esters is 1. The first-order chi connectivity index (χ1) is 13.2. The minimum absolute atomic E-state index is 0.0642. The van der Waals surface area contributed by atoms with Crippen molar-refractivity contribution in [3.05, 3.63) is 53.3 Å². The first-order valence-electron chi connectivity index (χ1n) is 9.37. The second-order valence-corrected chi connectivity index (χ2v) is 6.54. The Morgan fingerprint density at radius 1 is 1.19 bits per heavy atom. The number of rotatable bonds is 6. The number of hydrogen-bond acceptors (Lipinski definition) is 5. The van der Waals surface area contributed by atoms with Crippen molar-refractivity contribution in [3.8, 4) is 0 Å². The Kier molecular flexibility index (Phi) is 6.54. The van der Waals surface area contributed by atoms with E-state index in [-0.39, 0.29) is 11.9 Å². The second-order valence-electron chi connectivity index (χ2n) is 6.54. The van der Waals surface area contributed by atoms with E-state index in [1.54, 1.807) is 31.2 Å². The standard InChI is InChI=1S/C21H25N3O3/c1-2-27-21(26)17-6-8-18(9-7-17)23-20(25)15-24-13-10-16(11-14-24)19-5-3-4-12-22-19/h5-10,12H,2-4,11,13-15H2,1H3,(H,23,25). The summed E-state index contributed by atoms with van der Waals surface area (Å²) in [6, 6.07) is 6.74. The van der Waals surface area contributed by atoms with Crippen molar-refractivity contribution < 1.29 is 14.3 Å². The summed E-state index contributed by atoms with van der Waals surface area (Å²) < 4.78 is 4.95. The van der Waals surface area contributed by atoms with E-state index < -0.39 is 0 Å². The van der Waals surface area contributed by atoms with Gasteiger partial charge in [0.2, 0.25) is 5.91 Å². The van der Waals surface area contributed by atoms with Crippen molar-refractivity contribution in [2.75, 3.05) is 31.6 Å². The minimum atomic E-state index is -0.358. The number of hydrogen-bond donors (Lipinski definition) is 1. The highest BCUT2D eigenvalue weighted by molar-refractivity contribution is 5.94. The fraction of sp³-hybridized carbons (Fsp3) is 0.381. The van der Waals surface area contributed by atoms with E-state index in [0.29, 0.717) is 24.4 Å². The van der Waals surface area contributed by atoms with Crippen LogP contribution in [0.15, 0.2) is 52.7 Å². The predicted molar refractivity (Wildman–Crippen MR) is 106 cm³/mol. The van der Waals surface area contributed by atoms with E-state index in [1.165, 1.54) is 5.57 Å². The average molecular weight is 367 g/mol. The van der Waals surface area contributed by atoms with E-state index in [0.717, 1.165) is 38.0 Å². The van der Waals surface area contributed by atoms with Crippen LogP contribution in [0.1, 0.15) is 36.5 Å². The van der Waals surface area contributed by atoms with Gasteiger partial charge in [-0.25, -0.2) is 4.79 Å². The van der Waals surface area contributed by atoms with Crippen LogP contribution in [0, 0.1) is 0 Å². The zero-order valence-corrected chi connectivity index (χ0v) is 15.6. The fourth-order valence-electron chi connectivity index (χ4n) is 3.12. The van der Waals surface area contributed by atoms with Gasteiger partial charge in [-0.15, -0.1) is 0 Å². The van der Waals surface area contributed by atoms with Crippen LogP contribution in [0.25, 0.3) is 0 Å². The quantitative estimate of drug-likeness (QED) is 0.784. The molecule has 27 heavy (non-hydrogen) atoms. The Balaban J connectivity index is 1.48. The number of ether oxygens (including phenoxy) is 1. The third-order valence-corrected chi connectivity index (χ3v) is 4.53. The number of anilines is 1. The maximum Gasteiger partial charge on any atom is 0.338 e. The van der Waals surface area contributed by atoms with Gasteiger partial charge in [0, 0.05) is 25.0 Å². The summed E-state index contributed by atoms with van der Waals surface area (Å²) in [4.78, 5) is 30.5. The number of carbonyl (C=O) groups excluding carboxylic acids is 2. The van der Waals surface area contributed by atoms with Gasteiger partial charge in [0.15, 0.2) is 0 Å². The lowest BCUT2D eigenvalue weighted by molar-refractivity contribution is -0.117. The van der Waals surface area contributed by atoms with Gasteiger partial charge in [-0.2, -0.15) is 0 Å². The molecule has 6 nitrogen and oxygen atoms in total. The fourth-order valence-corrected chi connectivity index (χ4v) is 3.12. The molecule has 2 heterocycles. The van der Waals surface area contributed by atoms with Crippen molar-refractivity contribution in [3.63, 3.8) is 0 Å². The molecule has 0 aromatic heterocycles. The van der Waals surface area contributed by atoms with Crippen molar-refractivity contribution in [1.82, 2.24) is 4.90 Å². The second kappa shape index (κ2) is 9.28. The van der Waals surface area contributed by atoms with Gasteiger partial charge < -0.3 is 10.1 Å². The molecule has 0 spiro atoms. The molecule has 1 aromatic rings. The maximum atomic E-state index is 12.3. The van der Waals surface area contributed by atoms with Gasteiger partial charge in [0.1, 0.15) is 0 Å².